The van der Waals surface area contributed by atoms with Crippen LogP contribution in [0.2, 0.25) is 0 Å². The quantitative estimate of drug-likeness (QED) is 0.435. The highest BCUT2D eigenvalue weighted by Gasteiger charge is 2.10. The Bertz CT molecular complexity index is 793. The minimum atomic E-state index is -0.478. The molecule has 1 amide bonds. The Labute approximate surface area is 179 Å². The molecule has 0 aliphatic heterocycles. The molecule has 2 aromatic rings. The van der Waals surface area contributed by atoms with Crippen LogP contribution in [0.15, 0.2) is 59.6 Å². The molecule has 0 bridgehead atoms. The van der Waals surface area contributed by atoms with E-state index in [0.717, 1.165) is 31.0 Å². The predicted octanol–water partition coefficient (Wildman–Crippen LogP) is 3.44. The Balaban J connectivity index is 1.71. The third-order valence-electron chi connectivity index (χ3n) is 4.95. The first-order chi connectivity index (χ1) is 14.5. The lowest BCUT2D eigenvalue weighted by Gasteiger charge is -2.25. The molecule has 2 rings (SSSR count). The van der Waals surface area contributed by atoms with E-state index in [1.54, 1.807) is 7.05 Å². The maximum absolute atomic E-state index is 11.2. The number of nitrogens with zero attached hydrogens (tertiary/aromatic N) is 2. The summed E-state index contributed by atoms with van der Waals surface area (Å²) >= 11 is 0. The molecule has 1 unspecified atom stereocenters. The van der Waals surface area contributed by atoms with Crippen molar-refractivity contribution >= 4 is 17.7 Å². The smallest absolute Gasteiger partial charge is 0.411 e. The van der Waals surface area contributed by atoms with E-state index in [2.05, 4.69) is 68.8 Å². The first-order valence-corrected chi connectivity index (χ1v) is 10.1. The summed E-state index contributed by atoms with van der Waals surface area (Å²) in [7, 11) is 5.27. The van der Waals surface area contributed by atoms with E-state index in [1.807, 2.05) is 30.3 Å². The number of aliphatic imine (C=N–C) groups is 1. The molecule has 0 aliphatic carbocycles. The van der Waals surface area contributed by atoms with E-state index >= 15 is 0 Å². The molecule has 7 heteroatoms. The number of methoxy groups -OCH3 is 1. The summed E-state index contributed by atoms with van der Waals surface area (Å²) in [5.41, 5.74) is 3.11. The Morgan fingerprint density at radius 2 is 1.77 bits per heavy atom. The van der Waals surface area contributed by atoms with Gasteiger partial charge < -0.3 is 15.4 Å². The maximum Gasteiger partial charge on any atom is 0.411 e. The van der Waals surface area contributed by atoms with Crippen molar-refractivity contribution < 1.29 is 9.53 Å². The van der Waals surface area contributed by atoms with E-state index in [9.17, 15) is 4.79 Å². The Morgan fingerprint density at radius 1 is 1.07 bits per heavy atom. The maximum atomic E-state index is 11.2. The molecular weight excluding hydrogens is 378 g/mol. The SMILES string of the molecule is CN=C(NCCC(C)N(C)Cc1ccccc1)NCc1ccc(NC(=O)OC)cc1. The summed E-state index contributed by atoms with van der Waals surface area (Å²) in [4.78, 5) is 17.9. The standard InChI is InChI=1S/C23H33N5O2/c1-18(28(3)17-20-8-6-5-7-9-20)14-15-25-22(24-2)26-16-19-10-12-21(13-11-19)27-23(29)30-4/h5-13,18H,14-17H2,1-4H3,(H,27,29)(H2,24,25,26). The van der Waals surface area contributed by atoms with Gasteiger partial charge in [0.25, 0.3) is 0 Å². The molecule has 1 atom stereocenters. The molecule has 0 saturated heterocycles. The second kappa shape index (κ2) is 12.5. The van der Waals surface area contributed by atoms with Gasteiger partial charge >= 0.3 is 6.09 Å². The lowest BCUT2D eigenvalue weighted by Crippen LogP contribution is -2.39. The van der Waals surface area contributed by atoms with Crippen LogP contribution in [0.5, 0.6) is 0 Å². The molecular formula is C23H33N5O2. The lowest BCUT2D eigenvalue weighted by atomic mass is 10.1. The number of anilines is 1. The number of carbonyl (C=O) groups excluding carboxylic acids is 1. The molecule has 162 valence electrons. The zero-order chi connectivity index (χ0) is 21.8. The Hall–Kier alpha value is -3.06. The molecule has 0 fully saturated rings. The average Bonchev–Trinajstić information content (AvgIpc) is 2.77. The van der Waals surface area contributed by atoms with Crippen molar-refractivity contribution in [2.24, 2.45) is 4.99 Å². The molecule has 7 nitrogen and oxygen atoms in total. The van der Waals surface area contributed by atoms with Crippen LogP contribution in [-0.4, -0.2) is 50.7 Å². The first-order valence-electron chi connectivity index (χ1n) is 10.1. The molecule has 30 heavy (non-hydrogen) atoms. The molecule has 0 aliphatic rings. The number of rotatable bonds is 9. The van der Waals surface area contributed by atoms with Crippen molar-refractivity contribution in [2.75, 3.05) is 33.1 Å². The second-order valence-corrected chi connectivity index (χ2v) is 7.20. The molecule has 0 spiro atoms. The average molecular weight is 412 g/mol. The highest BCUT2D eigenvalue weighted by atomic mass is 16.5. The van der Waals surface area contributed by atoms with E-state index < -0.39 is 6.09 Å². The van der Waals surface area contributed by atoms with E-state index in [4.69, 9.17) is 0 Å². The van der Waals surface area contributed by atoms with Gasteiger partial charge in [-0.15, -0.1) is 0 Å². The third kappa shape index (κ3) is 8.13. The van der Waals surface area contributed by atoms with Crippen LogP contribution in [0.25, 0.3) is 0 Å². The number of guanidine groups is 1. The summed E-state index contributed by atoms with van der Waals surface area (Å²) in [6, 6.07) is 18.6. The molecule has 2 aromatic carbocycles. The molecule has 0 aromatic heterocycles. The summed E-state index contributed by atoms with van der Waals surface area (Å²) in [5, 5.41) is 9.32. The largest absolute Gasteiger partial charge is 0.453 e. The summed E-state index contributed by atoms with van der Waals surface area (Å²) in [5.74, 6) is 0.768. The Kier molecular flexibility index (Phi) is 9.67. The highest BCUT2D eigenvalue weighted by molar-refractivity contribution is 5.84. The van der Waals surface area contributed by atoms with Gasteiger partial charge in [0.15, 0.2) is 5.96 Å². The van der Waals surface area contributed by atoms with Crippen LogP contribution in [-0.2, 0) is 17.8 Å². The fourth-order valence-corrected chi connectivity index (χ4v) is 2.93. The van der Waals surface area contributed by atoms with Crippen LogP contribution < -0.4 is 16.0 Å². The number of nitrogens with one attached hydrogen (secondary N) is 3. The van der Waals surface area contributed by atoms with Crippen LogP contribution in [0.3, 0.4) is 0 Å². The zero-order valence-electron chi connectivity index (χ0n) is 18.3. The van der Waals surface area contributed by atoms with Crippen molar-refractivity contribution in [3.63, 3.8) is 0 Å². The van der Waals surface area contributed by atoms with Crippen LogP contribution in [0, 0.1) is 0 Å². The molecule has 3 N–H and O–H groups in total. The van der Waals surface area contributed by atoms with Gasteiger partial charge in [-0.05, 0) is 43.7 Å². The number of carbonyl (C=O) groups is 1. The van der Waals surface area contributed by atoms with E-state index in [-0.39, 0.29) is 0 Å². The van der Waals surface area contributed by atoms with Gasteiger partial charge in [-0.25, -0.2) is 4.79 Å². The summed E-state index contributed by atoms with van der Waals surface area (Å²) in [6.07, 6.45) is 0.534. The monoisotopic (exact) mass is 411 g/mol. The Morgan fingerprint density at radius 3 is 2.40 bits per heavy atom. The van der Waals surface area contributed by atoms with Gasteiger partial charge in [-0.3, -0.25) is 15.2 Å². The van der Waals surface area contributed by atoms with Crippen LogP contribution in [0.1, 0.15) is 24.5 Å². The van der Waals surface area contributed by atoms with Crippen LogP contribution in [0.4, 0.5) is 10.5 Å². The fraction of sp³-hybridized carbons (Fsp3) is 0.391. The van der Waals surface area contributed by atoms with E-state index in [0.29, 0.717) is 18.3 Å². The zero-order valence-corrected chi connectivity index (χ0v) is 18.3. The fourth-order valence-electron chi connectivity index (χ4n) is 2.93. The van der Waals surface area contributed by atoms with Crippen molar-refractivity contribution in [3.8, 4) is 0 Å². The van der Waals surface area contributed by atoms with Gasteiger partial charge in [0, 0.05) is 38.4 Å². The number of amides is 1. The third-order valence-corrected chi connectivity index (χ3v) is 4.95. The summed E-state index contributed by atoms with van der Waals surface area (Å²) in [6.45, 7) is 4.66. The highest BCUT2D eigenvalue weighted by Crippen LogP contribution is 2.10. The van der Waals surface area contributed by atoms with Crippen molar-refractivity contribution in [1.82, 2.24) is 15.5 Å². The van der Waals surface area contributed by atoms with Crippen LogP contribution >= 0.6 is 0 Å². The van der Waals surface area contributed by atoms with E-state index in [1.165, 1.54) is 12.7 Å². The second-order valence-electron chi connectivity index (χ2n) is 7.20. The van der Waals surface area contributed by atoms with Crippen molar-refractivity contribution in [3.05, 3.63) is 65.7 Å². The van der Waals surface area contributed by atoms with Crippen molar-refractivity contribution in [2.45, 2.75) is 32.5 Å². The predicted molar refractivity (Wildman–Crippen MR) is 123 cm³/mol. The summed E-state index contributed by atoms with van der Waals surface area (Å²) < 4.78 is 4.59. The van der Waals surface area contributed by atoms with Crippen molar-refractivity contribution in [1.29, 1.82) is 0 Å². The first kappa shape index (κ1) is 23.2. The van der Waals surface area contributed by atoms with Gasteiger partial charge in [0.1, 0.15) is 0 Å². The van der Waals surface area contributed by atoms with Gasteiger partial charge in [0.2, 0.25) is 0 Å². The normalized spacial score (nSPS) is 12.4. The number of hydrogen-bond acceptors (Lipinski definition) is 4. The molecule has 0 radical (unpaired) electrons. The minimum absolute atomic E-state index is 0.450. The topological polar surface area (TPSA) is 78.0 Å². The van der Waals surface area contributed by atoms with Gasteiger partial charge in [-0.2, -0.15) is 0 Å². The number of ether oxygens (including phenoxy) is 1. The minimum Gasteiger partial charge on any atom is -0.453 e. The van der Waals surface area contributed by atoms with Gasteiger partial charge in [0.05, 0.1) is 7.11 Å². The number of hydrogen-bond donors (Lipinski definition) is 3. The number of benzene rings is 2. The lowest BCUT2D eigenvalue weighted by molar-refractivity contribution is 0.187. The molecule has 0 heterocycles. The molecule has 0 saturated carbocycles. The van der Waals surface area contributed by atoms with Gasteiger partial charge in [-0.1, -0.05) is 42.5 Å².